The summed E-state index contributed by atoms with van der Waals surface area (Å²) in [5.74, 6) is -0.246. The van der Waals surface area contributed by atoms with Crippen molar-refractivity contribution in [1.29, 1.82) is 0 Å². The van der Waals surface area contributed by atoms with Crippen molar-refractivity contribution in [2.75, 3.05) is 0 Å². The molecule has 0 radical (unpaired) electrons. The van der Waals surface area contributed by atoms with Gasteiger partial charge in [0.15, 0.2) is 0 Å². The number of rotatable bonds is 5. The summed E-state index contributed by atoms with van der Waals surface area (Å²) in [6, 6.07) is 0. The van der Waals surface area contributed by atoms with E-state index in [9.17, 15) is 8.42 Å². The molecule has 0 saturated carbocycles. The van der Waals surface area contributed by atoms with Gasteiger partial charge in [0.2, 0.25) is 9.05 Å². The van der Waals surface area contributed by atoms with Crippen LogP contribution in [0.4, 0.5) is 0 Å². The molecule has 0 aliphatic rings. The topological polar surface area (TPSA) is 64.8 Å². The summed E-state index contributed by atoms with van der Waals surface area (Å²) in [7, 11) is 1.63. The summed E-state index contributed by atoms with van der Waals surface area (Å²) >= 11 is 0. The van der Waals surface area contributed by atoms with E-state index in [1.54, 1.807) is 4.68 Å². The maximum absolute atomic E-state index is 10.9. The van der Waals surface area contributed by atoms with Gasteiger partial charge in [-0.05, 0) is 13.3 Å². The molecule has 5 nitrogen and oxygen atoms in total. The van der Waals surface area contributed by atoms with Gasteiger partial charge in [-0.1, -0.05) is 18.6 Å². The van der Waals surface area contributed by atoms with Crippen LogP contribution in [0.3, 0.4) is 0 Å². The van der Waals surface area contributed by atoms with E-state index >= 15 is 0 Å². The maximum Gasteiger partial charge on any atom is 0.238 e. The Morgan fingerprint density at radius 3 is 2.53 bits per heavy atom. The molecule has 15 heavy (non-hydrogen) atoms. The van der Waals surface area contributed by atoms with E-state index in [1.165, 1.54) is 0 Å². The Kier molecular flexibility index (Phi) is 4.10. The normalized spacial score (nSPS) is 11.9. The number of aryl methyl sites for hydroxylation is 1. The summed E-state index contributed by atoms with van der Waals surface area (Å²) in [6.07, 6.45) is 1.69. The van der Waals surface area contributed by atoms with E-state index in [2.05, 4.69) is 10.3 Å². The van der Waals surface area contributed by atoms with Crippen LogP contribution in [0.25, 0.3) is 0 Å². The zero-order valence-electron chi connectivity index (χ0n) is 8.77. The summed E-state index contributed by atoms with van der Waals surface area (Å²) in [5, 5.41) is 7.72. The molecule has 1 rings (SSSR count). The van der Waals surface area contributed by atoms with Crippen LogP contribution in [-0.4, -0.2) is 23.4 Å². The largest absolute Gasteiger partial charge is 0.249 e. The fourth-order valence-electron chi connectivity index (χ4n) is 1.41. The molecule has 0 spiro atoms. The Labute approximate surface area is 93.8 Å². The predicted octanol–water partition coefficient (Wildman–Crippen LogP) is 1.32. The minimum Gasteiger partial charge on any atom is -0.249 e. The van der Waals surface area contributed by atoms with Crippen LogP contribution in [0.1, 0.15) is 31.7 Å². The number of nitrogens with zero attached hydrogens (tertiary/aromatic N) is 3. The third kappa shape index (κ3) is 3.46. The second kappa shape index (κ2) is 4.94. The van der Waals surface area contributed by atoms with Crippen LogP contribution in [0.5, 0.6) is 0 Å². The van der Waals surface area contributed by atoms with E-state index in [0.29, 0.717) is 12.2 Å². The monoisotopic (exact) mass is 251 g/mol. The van der Waals surface area contributed by atoms with Gasteiger partial charge in [-0.3, -0.25) is 0 Å². The summed E-state index contributed by atoms with van der Waals surface area (Å²) in [4.78, 5) is 0. The van der Waals surface area contributed by atoms with Crippen molar-refractivity contribution >= 4 is 19.7 Å². The van der Waals surface area contributed by atoms with Crippen molar-refractivity contribution in [2.45, 2.75) is 39.0 Å². The molecule has 0 aliphatic heterocycles. The van der Waals surface area contributed by atoms with Crippen LogP contribution >= 0.6 is 10.7 Å². The van der Waals surface area contributed by atoms with E-state index in [0.717, 1.165) is 18.5 Å². The fraction of sp³-hybridized carbons (Fsp3) is 0.750. The molecule has 0 fully saturated rings. The average molecular weight is 252 g/mol. The standard InChI is InChI=1S/C8H14ClN3O2S/c1-3-5-8-7(6-15(9,13)14)10-11-12(8)4-2/h3-6H2,1-2H3. The minimum absolute atomic E-state index is 0.246. The highest BCUT2D eigenvalue weighted by Crippen LogP contribution is 2.14. The Bertz CT molecular complexity index is 427. The molecular formula is C8H14ClN3O2S. The first-order valence-electron chi connectivity index (χ1n) is 4.81. The van der Waals surface area contributed by atoms with Gasteiger partial charge in [-0.25, -0.2) is 13.1 Å². The van der Waals surface area contributed by atoms with E-state index in [1.807, 2.05) is 13.8 Å². The number of aromatic nitrogens is 3. The number of halogens is 1. The minimum atomic E-state index is -3.56. The maximum atomic E-state index is 10.9. The quantitative estimate of drug-likeness (QED) is 0.741. The summed E-state index contributed by atoms with van der Waals surface area (Å²) < 4.78 is 23.6. The smallest absolute Gasteiger partial charge is 0.238 e. The molecule has 0 atom stereocenters. The molecule has 1 aromatic rings. The molecular weight excluding hydrogens is 238 g/mol. The van der Waals surface area contributed by atoms with Crippen molar-refractivity contribution in [3.8, 4) is 0 Å². The highest BCUT2D eigenvalue weighted by molar-refractivity contribution is 8.13. The lowest BCUT2D eigenvalue weighted by atomic mass is 10.2. The van der Waals surface area contributed by atoms with Crippen molar-refractivity contribution in [3.63, 3.8) is 0 Å². The van der Waals surface area contributed by atoms with Crippen molar-refractivity contribution < 1.29 is 8.42 Å². The Morgan fingerprint density at radius 1 is 1.40 bits per heavy atom. The van der Waals surface area contributed by atoms with Crippen molar-refractivity contribution in [1.82, 2.24) is 15.0 Å². The average Bonchev–Trinajstić information content (AvgIpc) is 2.47. The SMILES string of the molecule is CCCc1c(CS(=O)(=O)Cl)nnn1CC. The molecule has 0 aromatic carbocycles. The van der Waals surface area contributed by atoms with Crippen LogP contribution in [0, 0.1) is 0 Å². The van der Waals surface area contributed by atoms with Gasteiger partial charge in [-0.15, -0.1) is 5.10 Å². The Balaban J connectivity index is 3.02. The third-order valence-electron chi connectivity index (χ3n) is 2.01. The first kappa shape index (κ1) is 12.4. The zero-order chi connectivity index (χ0) is 11.5. The molecule has 0 N–H and O–H groups in total. The van der Waals surface area contributed by atoms with E-state index in [4.69, 9.17) is 10.7 Å². The van der Waals surface area contributed by atoms with Gasteiger partial charge in [0.25, 0.3) is 0 Å². The second-order valence-corrected chi connectivity index (χ2v) is 6.01. The summed E-state index contributed by atoms with van der Waals surface area (Å²) in [5.41, 5.74) is 1.33. The predicted molar refractivity (Wildman–Crippen MR) is 58.2 cm³/mol. The lowest BCUT2D eigenvalue weighted by molar-refractivity contribution is 0.593. The van der Waals surface area contributed by atoms with Gasteiger partial charge in [0.05, 0.1) is 5.69 Å². The first-order valence-corrected chi connectivity index (χ1v) is 7.29. The number of hydrogen-bond donors (Lipinski definition) is 0. The zero-order valence-corrected chi connectivity index (χ0v) is 10.3. The Hall–Kier alpha value is -0.620. The lowest BCUT2D eigenvalue weighted by Gasteiger charge is -2.03. The molecule has 1 aromatic heterocycles. The molecule has 86 valence electrons. The molecule has 0 aliphatic carbocycles. The third-order valence-corrected chi connectivity index (χ3v) is 2.96. The second-order valence-electron chi connectivity index (χ2n) is 3.23. The molecule has 0 amide bonds. The molecule has 0 saturated heterocycles. The van der Waals surface area contributed by atoms with Gasteiger partial charge in [0.1, 0.15) is 11.4 Å². The van der Waals surface area contributed by atoms with E-state index < -0.39 is 9.05 Å². The van der Waals surface area contributed by atoms with Crippen LogP contribution in [0.15, 0.2) is 0 Å². The van der Waals surface area contributed by atoms with Crippen LogP contribution < -0.4 is 0 Å². The summed E-state index contributed by atoms with van der Waals surface area (Å²) in [6.45, 7) is 4.64. The Morgan fingerprint density at radius 2 is 2.07 bits per heavy atom. The van der Waals surface area contributed by atoms with Gasteiger partial charge in [0, 0.05) is 17.2 Å². The van der Waals surface area contributed by atoms with Gasteiger partial charge < -0.3 is 0 Å². The highest BCUT2D eigenvalue weighted by Gasteiger charge is 2.16. The van der Waals surface area contributed by atoms with Crippen LogP contribution in [-0.2, 0) is 27.8 Å². The van der Waals surface area contributed by atoms with E-state index in [-0.39, 0.29) is 5.75 Å². The molecule has 0 bridgehead atoms. The fourth-order valence-corrected chi connectivity index (χ4v) is 2.27. The van der Waals surface area contributed by atoms with Gasteiger partial charge in [-0.2, -0.15) is 0 Å². The van der Waals surface area contributed by atoms with Crippen LogP contribution in [0.2, 0.25) is 0 Å². The first-order chi connectivity index (χ1) is 6.98. The molecule has 0 unspecified atom stereocenters. The van der Waals surface area contributed by atoms with Crippen molar-refractivity contribution in [2.24, 2.45) is 0 Å². The lowest BCUT2D eigenvalue weighted by Crippen LogP contribution is -2.05. The number of hydrogen-bond acceptors (Lipinski definition) is 4. The van der Waals surface area contributed by atoms with Gasteiger partial charge >= 0.3 is 0 Å². The molecule has 7 heteroatoms. The highest BCUT2D eigenvalue weighted by atomic mass is 35.7. The molecule has 1 heterocycles. The van der Waals surface area contributed by atoms with Crippen molar-refractivity contribution in [3.05, 3.63) is 11.4 Å².